The van der Waals surface area contributed by atoms with Crippen molar-refractivity contribution in [1.82, 2.24) is 19.5 Å². The fourth-order valence-corrected chi connectivity index (χ4v) is 4.10. The average Bonchev–Trinajstić information content (AvgIpc) is 3.10. The second kappa shape index (κ2) is 7.35. The number of halogens is 3. The molecule has 0 bridgehead atoms. The fourth-order valence-electron chi connectivity index (χ4n) is 3.88. The van der Waals surface area contributed by atoms with Crippen molar-refractivity contribution >= 4 is 39.5 Å². The van der Waals surface area contributed by atoms with E-state index in [-0.39, 0.29) is 22.2 Å². The Balaban J connectivity index is 1.89. The monoisotopic (exact) mass is 450 g/mol. The summed E-state index contributed by atoms with van der Waals surface area (Å²) in [6.07, 6.45) is 2.72. The van der Waals surface area contributed by atoms with Crippen molar-refractivity contribution in [3.8, 4) is 16.8 Å². The summed E-state index contributed by atoms with van der Waals surface area (Å²) in [6, 6.07) is 11.3. The maximum absolute atomic E-state index is 14.5. The van der Waals surface area contributed by atoms with Crippen molar-refractivity contribution < 1.29 is 18.7 Å². The molecule has 9 heteroatoms. The van der Waals surface area contributed by atoms with Gasteiger partial charge in [-0.25, -0.2) is 19.2 Å². The molecule has 0 aliphatic carbocycles. The van der Waals surface area contributed by atoms with Crippen LogP contribution < -0.4 is 0 Å². The highest BCUT2D eigenvalue weighted by molar-refractivity contribution is 6.35. The lowest BCUT2D eigenvalue weighted by Gasteiger charge is -2.12. The van der Waals surface area contributed by atoms with Crippen molar-refractivity contribution in [1.29, 1.82) is 0 Å². The average molecular weight is 451 g/mol. The van der Waals surface area contributed by atoms with Gasteiger partial charge in [0.25, 0.3) is 0 Å². The number of aryl methyl sites for hydroxylation is 1. The molecule has 0 amide bonds. The Morgan fingerprint density at radius 2 is 1.84 bits per heavy atom. The summed E-state index contributed by atoms with van der Waals surface area (Å²) in [5, 5.41) is 11.0. The van der Waals surface area contributed by atoms with Crippen molar-refractivity contribution in [3.05, 3.63) is 83.0 Å². The SMILES string of the molecule is Cc1nc2c(C(=O)O)cc(-c3ccnc(F)c3F)cc2n1-c1ccnc2c(Cl)cccc12. The van der Waals surface area contributed by atoms with Gasteiger partial charge in [-0.05, 0) is 42.8 Å². The lowest BCUT2D eigenvalue weighted by Crippen LogP contribution is -2.02. The highest BCUT2D eigenvalue weighted by atomic mass is 35.5. The Bertz CT molecular complexity index is 1570. The van der Waals surface area contributed by atoms with Gasteiger partial charge in [0, 0.05) is 23.3 Å². The van der Waals surface area contributed by atoms with Gasteiger partial charge in [0.05, 0.1) is 27.3 Å². The van der Waals surface area contributed by atoms with E-state index in [0.29, 0.717) is 27.6 Å². The first-order valence-electron chi connectivity index (χ1n) is 9.47. The molecule has 0 saturated carbocycles. The van der Waals surface area contributed by atoms with E-state index in [0.717, 1.165) is 11.6 Å². The van der Waals surface area contributed by atoms with E-state index in [1.807, 2.05) is 6.07 Å². The van der Waals surface area contributed by atoms with Crippen LogP contribution in [0.2, 0.25) is 5.02 Å². The molecule has 0 unspecified atom stereocenters. The lowest BCUT2D eigenvalue weighted by atomic mass is 10.0. The first-order chi connectivity index (χ1) is 15.4. The minimum atomic E-state index is -1.26. The quantitative estimate of drug-likeness (QED) is 0.363. The van der Waals surface area contributed by atoms with Crippen LogP contribution in [0.4, 0.5) is 8.78 Å². The number of carboxylic acid groups (broad SMARTS) is 1. The highest BCUT2D eigenvalue weighted by Gasteiger charge is 2.21. The molecule has 0 atom stereocenters. The number of pyridine rings is 2. The molecular formula is C23H13ClF2N4O2. The Morgan fingerprint density at radius 1 is 1.06 bits per heavy atom. The number of aromatic nitrogens is 4. The van der Waals surface area contributed by atoms with Crippen LogP contribution >= 0.6 is 11.6 Å². The summed E-state index contributed by atoms with van der Waals surface area (Å²) in [5.41, 5.74) is 1.84. The van der Waals surface area contributed by atoms with Crippen LogP contribution in [0.1, 0.15) is 16.2 Å². The van der Waals surface area contributed by atoms with Crippen LogP contribution in [0.5, 0.6) is 0 Å². The van der Waals surface area contributed by atoms with E-state index in [1.54, 1.807) is 42.0 Å². The number of para-hydroxylation sites is 1. The Morgan fingerprint density at radius 3 is 2.62 bits per heavy atom. The van der Waals surface area contributed by atoms with Gasteiger partial charge in [0.1, 0.15) is 11.3 Å². The molecule has 1 N–H and O–H groups in total. The molecule has 2 aromatic carbocycles. The first kappa shape index (κ1) is 20.0. The van der Waals surface area contributed by atoms with Crippen LogP contribution in [0, 0.1) is 18.7 Å². The van der Waals surface area contributed by atoms with Gasteiger partial charge < -0.3 is 5.11 Å². The molecule has 0 spiro atoms. The molecule has 3 heterocycles. The van der Waals surface area contributed by atoms with Gasteiger partial charge in [-0.2, -0.15) is 4.39 Å². The topological polar surface area (TPSA) is 80.9 Å². The van der Waals surface area contributed by atoms with Gasteiger partial charge in [0.15, 0.2) is 5.82 Å². The molecule has 32 heavy (non-hydrogen) atoms. The lowest BCUT2D eigenvalue weighted by molar-refractivity contribution is 0.0699. The van der Waals surface area contributed by atoms with E-state index < -0.39 is 17.7 Å². The predicted octanol–water partition coefficient (Wildman–Crippen LogP) is 5.57. The van der Waals surface area contributed by atoms with E-state index in [9.17, 15) is 18.7 Å². The Kier molecular flexibility index (Phi) is 4.60. The normalized spacial score (nSPS) is 11.4. The van der Waals surface area contributed by atoms with E-state index in [4.69, 9.17) is 11.6 Å². The maximum Gasteiger partial charge on any atom is 0.337 e. The summed E-state index contributed by atoms with van der Waals surface area (Å²) >= 11 is 6.30. The fraction of sp³-hybridized carbons (Fsp3) is 0.0435. The maximum atomic E-state index is 14.5. The number of aromatic carboxylic acids is 1. The zero-order valence-electron chi connectivity index (χ0n) is 16.5. The van der Waals surface area contributed by atoms with Gasteiger partial charge in [-0.15, -0.1) is 0 Å². The number of fused-ring (bicyclic) bond motifs is 2. The van der Waals surface area contributed by atoms with Crippen LogP contribution in [0.15, 0.2) is 54.9 Å². The molecule has 5 aromatic rings. The minimum Gasteiger partial charge on any atom is -0.478 e. The third-order valence-electron chi connectivity index (χ3n) is 5.26. The summed E-state index contributed by atoms with van der Waals surface area (Å²) < 4.78 is 30.0. The molecule has 0 saturated heterocycles. The van der Waals surface area contributed by atoms with E-state index in [1.165, 1.54) is 12.1 Å². The standard InChI is InChI=1S/C23H13ClF2N4O2/c1-11-29-21-15(23(31)32)9-12(13-5-7-28-22(26)19(13)25)10-18(21)30(11)17-6-8-27-20-14(17)3-2-4-16(20)24/h2-10H,1H3,(H,31,32). The first-order valence-corrected chi connectivity index (χ1v) is 9.85. The number of imidazole rings is 1. The number of hydrogen-bond acceptors (Lipinski definition) is 4. The number of carboxylic acids is 1. The molecule has 158 valence electrons. The molecular weight excluding hydrogens is 438 g/mol. The number of rotatable bonds is 3. The van der Waals surface area contributed by atoms with Crippen molar-refractivity contribution in [2.45, 2.75) is 6.92 Å². The third-order valence-corrected chi connectivity index (χ3v) is 5.56. The number of nitrogens with zero attached hydrogens (tertiary/aromatic N) is 4. The molecule has 0 radical (unpaired) electrons. The van der Waals surface area contributed by atoms with Crippen LogP contribution in [0.25, 0.3) is 38.8 Å². The molecule has 6 nitrogen and oxygen atoms in total. The van der Waals surface area contributed by atoms with Crippen molar-refractivity contribution in [3.63, 3.8) is 0 Å². The van der Waals surface area contributed by atoms with E-state index >= 15 is 0 Å². The van der Waals surface area contributed by atoms with Crippen molar-refractivity contribution in [2.75, 3.05) is 0 Å². The van der Waals surface area contributed by atoms with Crippen molar-refractivity contribution in [2.24, 2.45) is 0 Å². The second-order valence-corrected chi connectivity index (χ2v) is 7.53. The molecule has 0 fully saturated rings. The summed E-state index contributed by atoms with van der Waals surface area (Å²) in [6.45, 7) is 1.73. The summed E-state index contributed by atoms with van der Waals surface area (Å²) in [4.78, 5) is 24.1. The van der Waals surface area contributed by atoms with Gasteiger partial charge in [-0.3, -0.25) is 9.55 Å². The van der Waals surface area contributed by atoms with Crippen LogP contribution in [0.3, 0.4) is 0 Å². The number of carbonyl (C=O) groups is 1. The van der Waals surface area contributed by atoms with Crippen LogP contribution in [-0.4, -0.2) is 30.6 Å². The third kappa shape index (κ3) is 2.99. The smallest absolute Gasteiger partial charge is 0.337 e. The van der Waals surface area contributed by atoms with Gasteiger partial charge in [-0.1, -0.05) is 23.7 Å². The minimum absolute atomic E-state index is 0.102. The second-order valence-electron chi connectivity index (χ2n) is 7.12. The number of benzene rings is 2. The summed E-state index contributed by atoms with van der Waals surface area (Å²) in [7, 11) is 0. The number of hydrogen-bond donors (Lipinski definition) is 1. The Labute approximate surface area is 184 Å². The predicted molar refractivity (Wildman–Crippen MR) is 116 cm³/mol. The largest absolute Gasteiger partial charge is 0.478 e. The zero-order chi connectivity index (χ0) is 22.6. The highest BCUT2D eigenvalue weighted by Crippen LogP contribution is 2.34. The molecule has 0 aliphatic heterocycles. The summed E-state index contributed by atoms with van der Waals surface area (Å²) in [5.74, 6) is -3.15. The van der Waals surface area contributed by atoms with Crippen LogP contribution in [-0.2, 0) is 0 Å². The molecule has 5 rings (SSSR count). The van der Waals surface area contributed by atoms with Gasteiger partial charge >= 0.3 is 5.97 Å². The molecule has 3 aromatic heterocycles. The molecule has 0 aliphatic rings. The van der Waals surface area contributed by atoms with Gasteiger partial charge in [0.2, 0.25) is 5.95 Å². The zero-order valence-corrected chi connectivity index (χ0v) is 17.2. The Hall–Kier alpha value is -3.91. The van der Waals surface area contributed by atoms with E-state index in [2.05, 4.69) is 15.0 Å².